The Labute approximate surface area is 88.5 Å². The molecule has 0 amide bonds. The van der Waals surface area contributed by atoms with E-state index in [-0.39, 0.29) is 0 Å². The molecule has 0 atom stereocenters. The molecule has 1 fully saturated rings. The predicted molar refractivity (Wildman–Crippen MR) is 60.2 cm³/mol. The van der Waals surface area contributed by atoms with Gasteiger partial charge in [-0.05, 0) is 12.8 Å². The monoisotopic (exact) mass is 211 g/mol. The second kappa shape index (κ2) is 4.28. The number of hydrogen-bond donors (Lipinski definition) is 2. The van der Waals surface area contributed by atoms with E-state index in [0.29, 0.717) is 17.6 Å². The summed E-state index contributed by atoms with van der Waals surface area (Å²) in [6.07, 6.45) is 6.54. The van der Waals surface area contributed by atoms with E-state index in [0.717, 1.165) is 0 Å². The van der Waals surface area contributed by atoms with E-state index in [2.05, 4.69) is 4.98 Å². The van der Waals surface area contributed by atoms with E-state index in [9.17, 15) is 0 Å². The van der Waals surface area contributed by atoms with Crippen LogP contribution in [0, 0.1) is 0 Å². The SMILES string of the molecule is NCc1sc(N)nc1C1CCCCC1. The zero-order chi connectivity index (χ0) is 9.97. The third-order valence-corrected chi connectivity index (χ3v) is 3.84. The van der Waals surface area contributed by atoms with E-state index in [1.807, 2.05) is 0 Å². The van der Waals surface area contributed by atoms with Crippen molar-refractivity contribution in [1.29, 1.82) is 0 Å². The molecule has 3 nitrogen and oxygen atoms in total. The summed E-state index contributed by atoms with van der Waals surface area (Å²) in [7, 11) is 0. The molecular formula is C10H17N3S. The molecule has 78 valence electrons. The lowest BCUT2D eigenvalue weighted by Gasteiger charge is -2.20. The van der Waals surface area contributed by atoms with Gasteiger partial charge in [-0.1, -0.05) is 19.3 Å². The molecule has 1 heterocycles. The zero-order valence-electron chi connectivity index (χ0n) is 8.33. The number of hydrogen-bond acceptors (Lipinski definition) is 4. The first-order valence-corrected chi connectivity index (χ1v) is 6.08. The first-order chi connectivity index (χ1) is 6.81. The Morgan fingerprint density at radius 2 is 2.00 bits per heavy atom. The highest BCUT2D eigenvalue weighted by molar-refractivity contribution is 7.15. The molecule has 0 aromatic carbocycles. The maximum absolute atomic E-state index is 5.71. The van der Waals surface area contributed by atoms with Crippen molar-refractivity contribution in [2.75, 3.05) is 5.73 Å². The molecule has 0 unspecified atom stereocenters. The molecule has 1 aromatic rings. The Morgan fingerprint density at radius 1 is 1.29 bits per heavy atom. The summed E-state index contributed by atoms with van der Waals surface area (Å²) in [6.45, 7) is 0.584. The summed E-state index contributed by atoms with van der Waals surface area (Å²) in [5.74, 6) is 0.621. The Morgan fingerprint density at radius 3 is 2.64 bits per heavy atom. The van der Waals surface area contributed by atoms with Crippen LogP contribution >= 0.6 is 11.3 Å². The Bertz CT molecular complexity index is 302. The van der Waals surface area contributed by atoms with Crippen molar-refractivity contribution in [2.45, 2.75) is 44.6 Å². The van der Waals surface area contributed by atoms with Crippen LogP contribution < -0.4 is 11.5 Å². The van der Waals surface area contributed by atoms with Gasteiger partial charge in [0.2, 0.25) is 0 Å². The van der Waals surface area contributed by atoms with Crippen molar-refractivity contribution in [3.8, 4) is 0 Å². The lowest BCUT2D eigenvalue weighted by molar-refractivity contribution is 0.436. The molecule has 1 saturated carbocycles. The fraction of sp³-hybridized carbons (Fsp3) is 0.700. The van der Waals surface area contributed by atoms with Crippen molar-refractivity contribution in [1.82, 2.24) is 4.98 Å². The highest BCUT2D eigenvalue weighted by Crippen LogP contribution is 2.36. The number of nitrogens with two attached hydrogens (primary N) is 2. The Kier molecular flexibility index (Phi) is 3.03. The normalized spacial score (nSPS) is 18.6. The average molecular weight is 211 g/mol. The summed E-state index contributed by atoms with van der Waals surface area (Å²) in [5.41, 5.74) is 12.6. The van der Waals surface area contributed by atoms with Crippen molar-refractivity contribution >= 4 is 16.5 Å². The molecule has 2 rings (SSSR count). The van der Waals surface area contributed by atoms with Gasteiger partial charge in [-0.3, -0.25) is 0 Å². The molecule has 1 aliphatic rings. The molecule has 0 bridgehead atoms. The third kappa shape index (κ3) is 1.91. The van der Waals surface area contributed by atoms with Crippen LogP contribution in [-0.2, 0) is 6.54 Å². The van der Waals surface area contributed by atoms with E-state index in [1.165, 1.54) is 42.7 Å². The van der Waals surface area contributed by atoms with Crippen LogP contribution in [0.3, 0.4) is 0 Å². The van der Waals surface area contributed by atoms with Crippen molar-refractivity contribution in [3.63, 3.8) is 0 Å². The maximum Gasteiger partial charge on any atom is 0.180 e. The average Bonchev–Trinajstić information content (AvgIpc) is 2.61. The molecule has 4 heteroatoms. The van der Waals surface area contributed by atoms with E-state index in [1.54, 1.807) is 11.3 Å². The number of anilines is 1. The first-order valence-electron chi connectivity index (χ1n) is 5.26. The fourth-order valence-corrected chi connectivity index (χ4v) is 3.02. The summed E-state index contributed by atoms with van der Waals surface area (Å²) < 4.78 is 0. The Balaban J connectivity index is 2.20. The minimum atomic E-state index is 0.584. The molecular weight excluding hydrogens is 194 g/mol. The molecule has 14 heavy (non-hydrogen) atoms. The molecule has 4 N–H and O–H groups in total. The second-order valence-corrected chi connectivity index (χ2v) is 5.01. The number of nitrogens with zero attached hydrogens (tertiary/aromatic N) is 1. The molecule has 0 radical (unpaired) electrons. The standard InChI is InChI=1S/C10H17N3S/c11-6-8-9(13-10(12)14-8)7-4-2-1-3-5-7/h7H,1-6,11H2,(H2,12,13). The lowest BCUT2D eigenvalue weighted by atomic mass is 9.86. The van der Waals surface area contributed by atoms with Crippen LogP contribution in [0.2, 0.25) is 0 Å². The van der Waals surface area contributed by atoms with E-state index in [4.69, 9.17) is 11.5 Å². The number of thiazole rings is 1. The third-order valence-electron chi connectivity index (χ3n) is 2.92. The Hall–Kier alpha value is -0.610. The van der Waals surface area contributed by atoms with Crippen LogP contribution in [0.15, 0.2) is 0 Å². The molecule has 0 aliphatic heterocycles. The van der Waals surface area contributed by atoms with Crippen LogP contribution in [0.1, 0.15) is 48.6 Å². The topological polar surface area (TPSA) is 64.9 Å². The second-order valence-electron chi connectivity index (χ2n) is 3.90. The molecule has 1 aromatic heterocycles. The molecule has 0 saturated heterocycles. The van der Waals surface area contributed by atoms with Gasteiger partial charge in [-0.25, -0.2) is 4.98 Å². The van der Waals surface area contributed by atoms with Gasteiger partial charge in [0.05, 0.1) is 5.69 Å². The zero-order valence-corrected chi connectivity index (χ0v) is 9.15. The summed E-state index contributed by atoms with van der Waals surface area (Å²) in [5, 5.41) is 0.672. The lowest BCUT2D eigenvalue weighted by Crippen LogP contribution is -2.08. The number of aromatic nitrogens is 1. The highest BCUT2D eigenvalue weighted by Gasteiger charge is 2.21. The quantitative estimate of drug-likeness (QED) is 0.788. The largest absolute Gasteiger partial charge is 0.375 e. The van der Waals surface area contributed by atoms with Gasteiger partial charge in [0, 0.05) is 17.3 Å². The number of nitrogen functional groups attached to an aromatic ring is 1. The molecule has 0 spiro atoms. The van der Waals surface area contributed by atoms with Crippen molar-refractivity contribution in [3.05, 3.63) is 10.6 Å². The van der Waals surface area contributed by atoms with Crippen molar-refractivity contribution < 1.29 is 0 Å². The highest BCUT2D eigenvalue weighted by atomic mass is 32.1. The van der Waals surface area contributed by atoms with Crippen LogP contribution in [0.5, 0.6) is 0 Å². The summed E-state index contributed by atoms with van der Waals surface area (Å²) >= 11 is 1.55. The van der Waals surface area contributed by atoms with Gasteiger partial charge in [-0.2, -0.15) is 0 Å². The van der Waals surface area contributed by atoms with Crippen LogP contribution in [0.25, 0.3) is 0 Å². The van der Waals surface area contributed by atoms with Crippen LogP contribution in [-0.4, -0.2) is 4.98 Å². The maximum atomic E-state index is 5.71. The summed E-state index contributed by atoms with van der Waals surface area (Å²) in [4.78, 5) is 5.61. The minimum absolute atomic E-state index is 0.584. The minimum Gasteiger partial charge on any atom is -0.375 e. The van der Waals surface area contributed by atoms with Gasteiger partial charge in [0.1, 0.15) is 0 Å². The smallest absolute Gasteiger partial charge is 0.180 e. The van der Waals surface area contributed by atoms with Gasteiger partial charge in [-0.15, -0.1) is 11.3 Å². The summed E-state index contributed by atoms with van der Waals surface area (Å²) in [6, 6.07) is 0. The van der Waals surface area contributed by atoms with Gasteiger partial charge >= 0.3 is 0 Å². The first kappa shape index (κ1) is 9.93. The van der Waals surface area contributed by atoms with Crippen LogP contribution in [0.4, 0.5) is 5.13 Å². The fourth-order valence-electron chi connectivity index (χ4n) is 2.22. The molecule has 1 aliphatic carbocycles. The van der Waals surface area contributed by atoms with E-state index < -0.39 is 0 Å². The van der Waals surface area contributed by atoms with Gasteiger partial charge in [0.15, 0.2) is 5.13 Å². The van der Waals surface area contributed by atoms with E-state index >= 15 is 0 Å². The van der Waals surface area contributed by atoms with Gasteiger partial charge < -0.3 is 11.5 Å². The van der Waals surface area contributed by atoms with Gasteiger partial charge in [0.25, 0.3) is 0 Å². The predicted octanol–water partition coefficient (Wildman–Crippen LogP) is 2.23. The number of rotatable bonds is 2. The van der Waals surface area contributed by atoms with Crippen molar-refractivity contribution in [2.24, 2.45) is 5.73 Å².